The van der Waals surface area contributed by atoms with Gasteiger partial charge >= 0.3 is 0 Å². The highest BCUT2D eigenvalue weighted by atomic mass is 35.5. The van der Waals surface area contributed by atoms with Crippen molar-refractivity contribution < 1.29 is 14.1 Å². The molecule has 4 rings (SSSR count). The summed E-state index contributed by atoms with van der Waals surface area (Å²) in [6.07, 6.45) is 1.62. The van der Waals surface area contributed by atoms with Gasteiger partial charge in [-0.25, -0.2) is 4.98 Å². The lowest BCUT2D eigenvalue weighted by Crippen LogP contribution is -2.15. The first kappa shape index (κ1) is 19.1. The molecule has 146 valence electrons. The van der Waals surface area contributed by atoms with Gasteiger partial charge in [0.2, 0.25) is 5.91 Å². The molecule has 0 radical (unpaired) electrons. The zero-order chi connectivity index (χ0) is 20.2. The van der Waals surface area contributed by atoms with Crippen molar-refractivity contribution in [2.24, 2.45) is 0 Å². The number of amides is 1. The van der Waals surface area contributed by atoms with E-state index < -0.39 is 0 Å². The number of aromatic nitrogens is 3. The Labute approximate surface area is 175 Å². The van der Waals surface area contributed by atoms with Crippen LogP contribution >= 0.6 is 22.9 Å². The van der Waals surface area contributed by atoms with E-state index in [4.69, 9.17) is 20.9 Å². The molecule has 0 aliphatic heterocycles. The molecule has 0 spiro atoms. The number of benzene rings is 2. The highest BCUT2D eigenvalue weighted by Crippen LogP contribution is 2.34. The Morgan fingerprint density at radius 3 is 2.83 bits per heavy atom. The lowest BCUT2D eigenvalue weighted by molar-refractivity contribution is -0.115. The Morgan fingerprint density at radius 1 is 1.21 bits per heavy atom. The third-order valence-corrected chi connectivity index (χ3v) is 5.34. The number of carbonyl (C=O) groups is 1. The summed E-state index contributed by atoms with van der Waals surface area (Å²) in [4.78, 5) is 21.7. The van der Waals surface area contributed by atoms with Crippen molar-refractivity contribution in [3.63, 3.8) is 0 Å². The van der Waals surface area contributed by atoms with Crippen molar-refractivity contribution in [3.05, 3.63) is 65.6 Å². The van der Waals surface area contributed by atoms with Crippen LogP contribution in [0.1, 0.15) is 5.82 Å². The van der Waals surface area contributed by atoms with Crippen LogP contribution in [0.4, 0.5) is 5.69 Å². The number of hydrogen-bond acceptors (Lipinski definition) is 7. The number of halogens is 1. The molecule has 0 saturated carbocycles. The van der Waals surface area contributed by atoms with Crippen molar-refractivity contribution in [2.75, 3.05) is 12.4 Å². The molecule has 1 amide bonds. The summed E-state index contributed by atoms with van der Waals surface area (Å²) < 4.78 is 10.5. The third kappa shape index (κ3) is 4.28. The van der Waals surface area contributed by atoms with Crippen LogP contribution in [0.5, 0.6) is 5.75 Å². The molecule has 9 heteroatoms. The topological polar surface area (TPSA) is 90.1 Å². The molecule has 7 nitrogen and oxygen atoms in total. The zero-order valence-corrected chi connectivity index (χ0v) is 16.8. The van der Waals surface area contributed by atoms with Gasteiger partial charge in [-0.05, 0) is 18.2 Å². The number of rotatable bonds is 6. The van der Waals surface area contributed by atoms with Crippen LogP contribution in [-0.4, -0.2) is 28.1 Å². The first-order valence-corrected chi connectivity index (χ1v) is 9.80. The van der Waals surface area contributed by atoms with Gasteiger partial charge in [0.25, 0.3) is 5.89 Å². The smallest absolute Gasteiger partial charge is 0.269 e. The average Bonchev–Trinajstić information content (AvgIpc) is 3.38. The fourth-order valence-electron chi connectivity index (χ4n) is 2.64. The largest absolute Gasteiger partial charge is 0.495 e. The average molecular weight is 427 g/mol. The van der Waals surface area contributed by atoms with Gasteiger partial charge in [0, 0.05) is 5.56 Å². The minimum absolute atomic E-state index is 0.0300. The van der Waals surface area contributed by atoms with Crippen LogP contribution in [0.2, 0.25) is 5.02 Å². The van der Waals surface area contributed by atoms with Crippen molar-refractivity contribution >= 4 is 34.5 Å². The Bertz CT molecular complexity index is 1160. The maximum absolute atomic E-state index is 12.3. The minimum Gasteiger partial charge on any atom is -0.495 e. The number of thiazole rings is 1. The Morgan fingerprint density at radius 2 is 2.00 bits per heavy atom. The van der Waals surface area contributed by atoms with Crippen LogP contribution in [0.25, 0.3) is 21.3 Å². The Hall–Kier alpha value is -3.23. The second-order valence-electron chi connectivity index (χ2n) is 5.95. The van der Waals surface area contributed by atoms with Crippen molar-refractivity contribution in [3.8, 4) is 27.1 Å². The van der Waals surface area contributed by atoms with Crippen molar-refractivity contribution in [1.29, 1.82) is 0 Å². The zero-order valence-electron chi connectivity index (χ0n) is 15.3. The predicted molar refractivity (Wildman–Crippen MR) is 111 cm³/mol. The number of nitrogens with zero attached hydrogens (tertiary/aromatic N) is 3. The molecular weight excluding hydrogens is 412 g/mol. The van der Waals surface area contributed by atoms with E-state index in [0.29, 0.717) is 27.2 Å². The van der Waals surface area contributed by atoms with Crippen LogP contribution < -0.4 is 10.1 Å². The molecular formula is C20H15ClN4O3S. The normalized spacial score (nSPS) is 10.7. The molecule has 0 unspecified atom stereocenters. The van der Waals surface area contributed by atoms with Crippen molar-refractivity contribution in [2.45, 2.75) is 6.42 Å². The molecule has 29 heavy (non-hydrogen) atoms. The van der Waals surface area contributed by atoms with Crippen LogP contribution in [-0.2, 0) is 11.2 Å². The van der Waals surface area contributed by atoms with E-state index in [0.717, 1.165) is 10.6 Å². The maximum Gasteiger partial charge on any atom is 0.269 e. The van der Waals surface area contributed by atoms with Crippen LogP contribution in [0.3, 0.4) is 0 Å². The summed E-state index contributed by atoms with van der Waals surface area (Å²) in [5.74, 6) is 0.885. The van der Waals surface area contributed by atoms with E-state index in [1.165, 1.54) is 11.3 Å². The molecule has 2 aromatic carbocycles. The molecule has 0 saturated heterocycles. The second kappa shape index (κ2) is 8.42. The van der Waals surface area contributed by atoms with Gasteiger partial charge in [0.1, 0.15) is 15.6 Å². The first-order valence-electron chi connectivity index (χ1n) is 8.60. The van der Waals surface area contributed by atoms with Gasteiger partial charge in [-0.15, -0.1) is 11.3 Å². The van der Waals surface area contributed by atoms with E-state index in [2.05, 4.69) is 20.4 Å². The summed E-state index contributed by atoms with van der Waals surface area (Å²) >= 11 is 7.61. The Kier molecular flexibility index (Phi) is 5.55. The van der Waals surface area contributed by atoms with Gasteiger partial charge in [0.15, 0.2) is 5.82 Å². The molecule has 2 aromatic heterocycles. The highest BCUT2D eigenvalue weighted by Gasteiger charge is 2.17. The monoisotopic (exact) mass is 426 g/mol. The molecule has 0 fully saturated rings. The summed E-state index contributed by atoms with van der Waals surface area (Å²) in [5, 5.41) is 8.04. The van der Waals surface area contributed by atoms with E-state index >= 15 is 0 Å². The molecule has 0 bridgehead atoms. The fraction of sp³-hybridized carbons (Fsp3) is 0.100. The van der Waals surface area contributed by atoms with Gasteiger partial charge in [-0.3, -0.25) is 4.79 Å². The molecule has 0 aliphatic carbocycles. The fourth-order valence-corrected chi connectivity index (χ4v) is 3.80. The van der Waals surface area contributed by atoms with Crippen molar-refractivity contribution in [1.82, 2.24) is 15.1 Å². The van der Waals surface area contributed by atoms with E-state index in [1.807, 2.05) is 36.4 Å². The molecule has 0 aliphatic rings. The lowest BCUT2D eigenvalue weighted by atomic mass is 10.2. The highest BCUT2D eigenvalue weighted by molar-refractivity contribution is 7.18. The van der Waals surface area contributed by atoms with E-state index in [9.17, 15) is 4.79 Å². The standard InChI is InChI=1S/C20H15ClN4O3S/c1-27-15-9-5-4-8-14(15)23-18(26)10-17-24-19(28-25-17)16-11-22-20(29-16)12-6-2-3-7-13(12)21/h2-9,11H,10H2,1H3,(H,23,26). The maximum atomic E-state index is 12.3. The summed E-state index contributed by atoms with van der Waals surface area (Å²) in [6, 6.07) is 14.6. The minimum atomic E-state index is -0.275. The quantitative estimate of drug-likeness (QED) is 0.480. The van der Waals surface area contributed by atoms with Gasteiger partial charge in [0.05, 0.1) is 30.4 Å². The number of ether oxygens (including phenoxy) is 1. The summed E-state index contributed by atoms with van der Waals surface area (Å²) in [7, 11) is 1.54. The van der Waals surface area contributed by atoms with Crippen LogP contribution in [0, 0.1) is 0 Å². The SMILES string of the molecule is COc1ccccc1NC(=O)Cc1noc(-c2cnc(-c3ccccc3Cl)s2)n1. The number of para-hydroxylation sites is 2. The number of methoxy groups -OCH3 is 1. The third-order valence-electron chi connectivity index (χ3n) is 3.99. The number of carbonyl (C=O) groups excluding carboxylic acids is 1. The molecule has 2 heterocycles. The van der Waals surface area contributed by atoms with E-state index in [1.54, 1.807) is 25.4 Å². The Balaban J connectivity index is 1.46. The molecule has 1 N–H and O–H groups in total. The van der Waals surface area contributed by atoms with Gasteiger partial charge < -0.3 is 14.6 Å². The lowest BCUT2D eigenvalue weighted by Gasteiger charge is -2.08. The first-order chi connectivity index (χ1) is 14.1. The second-order valence-corrected chi connectivity index (χ2v) is 7.39. The summed E-state index contributed by atoms with van der Waals surface area (Å²) in [5.41, 5.74) is 1.41. The van der Waals surface area contributed by atoms with Gasteiger partial charge in [-0.2, -0.15) is 4.98 Å². The molecule has 4 aromatic rings. The van der Waals surface area contributed by atoms with Gasteiger partial charge in [-0.1, -0.05) is 47.1 Å². The predicted octanol–water partition coefficient (Wildman–Crippen LogP) is 4.70. The molecule has 0 atom stereocenters. The van der Waals surface area contributed by atoms with E-state index in [-0.39, 0.29) is 18.2 Å². The summed E-state index contributed by atoms with van der Waals surface area (Å²) in [6.45, 7) is 0. The van der Waals surface area contributed by atoms with Crippen LogP contribution in [0.15, 0.2) is 59.3 Å². The number of anilines is 1. The number of hydrogen-bond donors (Lipinski definition) is 1. The number of nitrogens with one attached hydrogen (secondary N) is 1.